The number of hydrogen-bond donors (Lipinski definition) is 2. The molecule has 0 spiro atoms. The maximum atomic E-state index is 11.8. The Hall–Kier alpha value is -3.99. The van der Waals surface area contributed by atoms with Crippen molar-refractivity contribution < 1.29 is 17.9 Å². The minimum absolute atomic E-state index is 0.0105. The first kappa shape index (κ1) is 25.1. The van der Waals surface area contributed by atoms with E-state index in [-0.39, 0.29) is 10.9 Å². The van der Waals surface area contributed by atoms with Crippen molar-refractivity contribution in [1.29, 1.82) is 0 Å². The van der Waals surface area contributed by atoms with Crippen LogP contribution in [0.3, 0.4) is 0 Å². The number of halogens is 1. The molecular formula is C25H22ClN5O4S. The lowest BCUT2D eigenvalue weighted by atomic mass is 10.1. The summed E-state index contributed by atoms with van der Waals surface area (Å²) >= 11 is 6.04. The van der Waals surface area contributed by atoms with Crippen LogP contribution in [0.4, 0.5) is 5.69 Å². The summed E-state index contributed by atoms with van der Waals surface area (Å²) in [6.07, 6.45) is 3.39. The number of nitrogens with zero attached hydrogens (tertiary/aromatic N) is 3. The third-order valence-electron chi connectivity index (χ3n) is 5.08. The zero-order valence-electron chi connectivity index (χ0n) is 19.1. The lowest BCUT2D eigenvalue weighted by Gasteiger charge is -2.03. The van der Waals surface area contributed by atoms with E-state index in [1.807, 2.05) is 12.1 Å². The summed E-state index contributed by atoms with van der Waals surface area (Å²) in [6.45, 7) is 2.06. The van der Waals surface area contributed by atoms with Gasteiger partial charge in [0, 0.05) is 22.3 Å². The zero-order valence-corrected chi connectivity index (χ0v) is 20.7. The molecule has 0 aliphatic heterocycles. The molecule has 1 aromatic heterocycles. The lowest BCUT2D eigenvalue weighted by Crippen LogP contribution is -2.12. The van der Waals surface area contributed by atoms with Gasteiger partial charge in [0.05, 0.1) is 34.7 Å². The molecule has 0 fully saturated rings. The van der Waals surface area contributed by atoms with Crippen LogP contribution in [0.2, 0.25) is 5.02 Å². The number of nitrogens with two attached hydrogens (primary N) is 1. The fourth-order valence-corrected chi connectivity index (χ4v) is 3.95. The number of rotatable bonds is 8. The molecule has 0 amide bonds. The highest BCUT2D eigenvalue weighted by Gasteiger charge is 2.13. The summed E-state index contributed by atoms with van der Waals surface area (Å²) in [6, 6.07) is 20.0. The van der Waals surface area contributed by atoms with Gasteiger partial charge in [0.15, 0.2) is 0 Å². The number of hydrazone groups is 1. The van der Waals surface area contributed by atoms with Gasteiger partial charge >= 0.3 is 5.97 Å². The molecule has 0 atom stereocenters. The number of esters is 1. The second kappa shape index (κ2) is 10.7. The van der Waals surface area contributed by atoms with E-state index in [4.69, 9.17) is 21.5 Å². The number of sulfonamides is 1. The molecule has 9 nitrogen and oxygen atoms in total. The Bertz CT molecular complexity index is 1500. The number of carbonyl (C=O) groups is 1. The first-order chi connectivity index (χ1) is 17.2. The van der Waals surface area contributed by atoms with Crippen LogP contribution in [0.25, 0.3) is 16.9 Å². The largest absolute Gasteiger partial charge is 0.462 e. The van der Waals surface area contributed by atoms with Crippen molar-refractivity contribution in [3.05, 3.63) is 95.1 Å². The van der Waals surface area contributed by atoms with Crippen molar-refractivity contribution in [2.45, 2.75) is 11.8 Å². The Morgan fingerprint density at radius 3 is 2.36 bits per heavy atom. The number of anilines is 1. The summed E-state index contributed by atoms with van der Waals surface area (Å²) in [5, 5.41) is 14.8. The number of hydrogen-bond acceptors (Lipinski definition) is 7. The van der Waals surface area contributed by atoms with Crippen LogP contribution >= 0.6 is 11.6 Å². The van der Waals surface area contributed by atoms with E-state index < -0.39 is 10.0 Å². The van der Waals surface area contributed by atoms with E-state index in [1.165, 1.54) is 12.1 Å². The molecule has 184 valence electrons. The second-order valence-electron chi connectivity index (χ2n) is 7.59. The molecule has 1 heterocycles. The smallest absolute Gasteiger partial charge is 0.338 e. The number of aromatic nitrogens is 2. The number of nitrogens with one attached hydrogen (secondary N) is 1. The second-order valence-corrected chi connectivity index (χ2v) is 9.59. The third kappa shape index (κ3) is 5.98. The highest BCUT2D eigenvalue weighted by molar-refractivity contribution is 7.89. The van der Waals surface area contributed by atoms with Gasteiger partial charge in [0.2, 0.25) is 10.0 Å². The van der Waals surface area contributed by atoms with Crippen LogP contribution in [0, 0.1) is 0 Å². The molecule has 0 aliphatic carbocycles. The van der Waals surface area contributed by atoms with Crippen molar-refractivity contribution >= 4 is 39.5 Å². The van der Waals surface area contributed by atoms with Gasteiger partial charge in [-0.15, -0.1) is 0 Å². The normalized spacial score (nSPS) is 11.5. The van der Waals surface area contributed by atoms with Crippen molar-refractivity contribution in [3.63, 3.8) is 0 Å². The predicted molar refractivity (Wildman–Crippen MR) is 139 cm³/mol. The van der Waals surface area contributed by atoms with E-state index in [0.29, 0.717) is 39.8 Å². The van der Waals surface area contributed by atoms with E-state index in [1.54, 1.807) is 72.5 Å². The molecule has 0 bridgehead atoms. The van der Waals surface area contributed by atoms with E-state index in [9.17, 15) is 13.2 Å². The molecular weight excluding hydrogens is 502 g/mol. The van der Waals surface area contributed by atoms with Gasteiger partial charge in [-0.05, 0) is 67.6 Å². The highest BCUT2D eigenvalue weighted by Crippen LogP contribution is 2.25. The average Bonchev–Trinajstić information content (AvgIpc) is 3.29. The summed E-state index contributed by atoms with van der Waals surface area (Å²) in [5.41, 5.74) is 6.86. The minimum Gasteiger partial charge on any atom is -0.462 e. The topological polar surface area (TPSA) is 129 Å². The standard InChI is InChI=1S/C25H22ClN5O4S/c1-2-35-25(32)18-5-9-21(10-6-18)29-28-15-19-16-31(22-11-13-23(14-12-22)36(27,33)34)30-24(19)17-3-7-20(26)8-4-17/h3-16,29H,2H2,1H3,(H2,27,33,34)/b28-15+. The Balaban J connectivity index is 1.61. The Kier molecular flexibility index (Phi) is 7.49. The molecule has 36 heavy (non-hydrogen) atoms. The minimum atomic E-state index is -3.80. The van der Waals surface area contributed by atoms with Crippen molar-refractivity contribution in [2.24, 2.45) is 10.2 Å². The van der Waals surface area contributed by atoms with E-state index in [2.05, 4.69) is 15.6 Å². The van der Waals surface area contributed by atoms with Gasteiger partial charge < -0.3 is 4.74 Å². The molecule has 0 radical (unpaired) electrons. The van der Waals surface area contributed by atoms with Crippen LogP contribution in [0.15, 0.2) is 89.0 Å². The zero-order chi connectivity index (χ0) is 25.7. The molecule has 0 saturated heterocycles. The molecule has 4 rings (SSSR count). The monoisotopic (exact) mass is 523 g/mol. The average molecular weight is 524 g/mol. The quantitative estimate of drug-likeness (QED) is 0.199. The summed E-state index contributed by atoms with van der Waals surface area (Å²) < 4.78 is 29.7. The van der Waals surface area contributed by atoms with Crippen LogP contribution in [0.5, 0.6) is 0 Å². The number of benzene rings is 3. The molecule has 4 aromatic rings. The van der Waals surface area contributed by atoms with Crippen LogP contribution in [0.1, 0.15) is 22.8 Å². The van der Waals surface area contributed by atoms with Crippen LogP contribution < -0.4 is 10.6 Å². The highest BCUT2D eigenvalue weighted by atomic mass is 35.5. The van der Waals surface area contributed by atoms with Crippen molar-refractivity contribution in [2.75, 3.05) is 12.0 Å². The molecule has 0 unspecified atom stereocenters. The van der Waals surface area contributed by atoms with Gasteiger partial charge in [-0.2, -0.15) is 10.2 Å². The molecule has 3 N–H and O–H groups in total. The van der Waals surface area contributed by atoms with E-state index in [0.717, 1.165) is 5.56 Å². The van der Waals surface area contributed by atoms with Crippen LogP contribution in [-0.4, -0.2) is 37.0 Å². The Morgan fingerprint density at radius 1 is 1.08 bits per heavy atom. The first-order valence-electron chi connectivity index (χ1n) is 10.8. The van der Waals surface area contributed by atoms with Gasteiger partial charge in [0.25, 0.3) is 0 Å². The first-order valence-corrected chi connectivity index (χ1v) is 12.7. The van der Waals surface area contributed by atoms with Gasteiger partial charge in [-0.3, -0.25) is 5.43 Å². The summed E-state index contributed by atoms with van der Waals surface area (Å²) in [4.78, 5) is 11.8. The number of carbonyl (C=O) groups excluding carboxylic acids is 1. The fourth-order valence-electron chi connectivity index (χ4n) is 3.31. The maximum Gasteiger partial charge on any atom is 0.338 e. The fraction of sp³-hybridized carbons (Fsp3) is 0.0800. The van der Waals surface area contributed by atoms with Gasteiger partial charge in [-0.1, -0.05) is 23.7 Å². The number of primary sulfonamides is 1. The lowest BCUT2D eigenvalue weighted by molar-refractivity contribution is 0.0526. The Morgan fingerprint density at radius 2 is 1.75 bits per heavy atom. The van der Waals surface area contributed by atoms with Crippen LogP contribution in [-0.2, 0) is 14.8 Å². The number of ether oxygens (including phenoxy) is 1. The Labute approximate surface area is 213 Å². The third-order valence-corrected chi connectivity index (χ3v) is 6.26. The van der Waals surface area contributed by atoms with Crippen molar-refractivity contribution in [1.82, 2.24) is 9.78 Å². The van der Waals surface area contributed by atoms with E-state index >= 15 is 0 Å². The van der Waals surface area contributed by atoms with Crippen molar-refractivity contribution in [3.8, 4) is 16.9 Å². The molecule has 0 saturated carbocycles. The summed E-state index contributed by atoms with van der Waals surface area (Å²) in [5.74, 6) is -0.385. The molecule has 3 aromatic carbocycles. The maximum absolute atomic E-state index is 11.8. The van der Waals surface area contributed by atoms with Gasteiger partial charge in [0.1, 0.15) is 5.69 Å². The predicted octanol–water partition coefficient (Wildman–Crippen LogP) is 4.46. The van der Waals surface area contributed by atoms with Gasteiger partial charge in [-0.25, -0.2) is 23.0 Å². The summed E-state index contributed by atoms with van der Waals surface area (Å²) in [7, 11) is -3.80. The molecule has 0 aliphatic rings. The molecule has 11 heteroatoms. The SMILES string of the molecule is CCOC(=O)c1ccc(N/N=C/c2cn(-c3ccc(S(N)(=O)=O)cc3)nc2-c2ccc(Cl)cc2)cc1.